The molecule has 0 aromatic carbocycles. The largest absolute Gasteiger partial charge is 0.481 e. The van der Waals surface area contributed by atoms with Crippen molar-refractivity contribution in [2.24, 2.45) is 5.73 Å². The fourth-order valence-electron chi connectivity index (χ4n) is 1.24. The first-order valence-corrected chi connectivity index (χ1v) is 5.41. The Hall–Kier alpha value is -1.63. The molecule has 0 bridgehead atoms. The molecule has 0 aromatic heterocycles. The number of carboxylic acids is 2. The van der Waals surface area contributed by atoms with E-state index in [-0.39, 0.29) is 31.6 Å². The van der Waals surface area contributed by atoms with Crippen molar-refractivity contribution in [3.05, 3.63) is 0 Å². The minimum Gasteiger partial charge on any atom is -0.481 e. The molecule has 0 aliphatic heterocycles. The summed E-state index contributed by atoms with van der Waals surface area (Å²) in [5.74, 6) is -2.52. The summed E-state index contributed by atoms with van der Waals surface area (Å²) in [6, 6.07) is -1.03. The third kappa shape index (κ3) is 8.21. The third-order valence-electron chi connectivity index (χ3n) is 2.12. The first-order valence-electron chi connectivity index (χ1n) is 5.41. The molecule has 5 N–H and O–H groups in total. The van der Waals surface area contributed by atoms with Crippen LogP contribution < -0.4 is 11.1 Å². The molecule has 0 aliphatic rings. The predicted molar refractivity (Wildman–Crippen MR) is 59.3 cm³/mol. The van der Waals surface area contributed by atoms with Gasteiger partial charge in [-0.05, 0) is 25.8 Å². The highest BCUT2D eigenvalue weighted by molar-refractivity contribution is 5.83. The van der Waals surface area contributed by atoms with E-state index in [0.717, 1.165) is 0 Å². The topological polar surface area (TPSA) is 130 Å². The van der Waals surface area contributed by atoms with Crippen LogP contribution in [-0.4, -0.2) is 40.6 Å². The molecule has 0 saturated carbocycles. The SMILES string of the molecule is NCCCC(=O)N[C@H](CCCC(=O)O)C(=O)O. The predicted octanol–water partition coefficient (Wildman–Crippen LogP) is -0.450. The fourth-order valence-corrected chi connectivity index (χ4v) is 1.24. The summed E-state index contributed by atoms with van der Waals surface area (Å²) in [6.45, 7) is 0.365. The Morgan fingerprint density at radius 1 is 1.12 bits per heavy atom. The van der Waals surface area contributed by atoms with E-state index >= 15 is 0 Å². The summed E-state index contributed by atoms with van der Waals surface area (Å²) in [5, 5.41) is 19.6. The molecule has 7 heteroatoms. The zero-order valence-electron chi connectivity index (χ0n) is 9.52. The van der Waals surface area contributed by atoms with Crippen LogP contribution in [0.3, 0.4) is 0 Å². The van der Waals surface area contributed by atoms with E-state index in [9.17, 15) is 14.4 Å². The van der Waals surface area contributed by atoms with Crippen LogP contribution in [0.5, 0.6) is 0 Å². The third-order valence-corrected chi connectivity index (χ3v) is 2.12. The van der Waals surface area contributed by atoms with Crippen LogP contribution in [-0.2, 0) is 14.4 Å². The van der Waals surface area contributed by atoms with E-state index < -0.39 is 18.0 Å². The van der Waals surface area contributed by atoms with Gasteiger partial charge in [-0.3, -0.25) is 9.59 Å². The standard InChI is InChI=1S/C10H18N2O5/c11-6-2-4-8(13)12-7(10(16)17)3-1-5-9(14)15/h7H,1-6,11H2,(H,12,13)(H,14,15)(H,16,17)/t7-/m1/s1. The number of rotatable bonds is 9. The van der Waals surface area contributed by atoms with Crippen molar-refractivity contribution < 1.29 is 24.6 Å². The molecule has 0 unspecified atom stereocenters. The minimum absolute atomic E-state index is 0.107. The molecule has 1 amide bonds. The van der Waals surface area contributed by atoms with E-state index in [2.05, 4.69) is 5.32 Å². The molecule has 0 fully saturated rings. The molecular formula is C10H18N2O5. The lowest BCUT2D eigenvalue weighted by atomic mass is 10.1. The molecule has 0 heterocycles. The monoisotopic (exact) mass is 246 g/mol. The maximum atomic E-state index is 11.3. The van der Waals surface area contributed by atoms with Gasteiger partial charge < -0.3 is 21.3 Å². The fraction of sp³-hybridized carbons (Fsp3) is 0.700. The molecule has 0 saturated heterocycles. The normalized spacial score (nSPS) is 11.8. The van der Waals surface area contributed by atoms with Crippen molar-refractivity contribution in [1.29, 1.82) is 0 Å². The lowest BCUT2D eigenvalue weighted by molar-refractivity contribution is -0.142. The minimum atomic E-state index is -1.16. The van der Waals surface area contributed by atoms with Crippen LogP contribution >= 0.6 is 0 Å². The second kappa shape index (κ2) is 8.51. The Bertz CT molecular complexity index is 280. The number of nitrogens with two attached hydrogens (primary N) is 1. The molecule has 0 aliphatic carbocycles. The van der Waals surface area contributed by atoms with Crippen LogP contribution in [0.4, 0.5) is 0 Å². The molecule has 0 rings (SSSR count). The number of carboxylic acid groups (broad SMARTS) is 2. The number of aliphatic carboxylic acids is 2. The summed E-state index contributed by atoms with van der Waals surface area (Å²) >= 11 is 0. The highest BCUT2D eigenvalue weighted by Crippen LogP contribution is 2.02. The second-order valence-corrected chi connectivity index (χ2v) is 3.64. The Morgan fingerprint density at radius 2 is 1.76 bits per heavy atom. The van der Waals surface area contributed by atoms with Crippen molar-refractivity contribution >= 4 is 17.8 Å². The van der Waals surface area contributed by atoms with E-state index in [1.165, 1.54) is 0 Å². The lowest BCUT2D eigenvalue weighted by Crippen LogP contribution is -2.40. The van der Waals surface area contributed by atoms with Gasteiger partial charge in [-0.25, -0.2) is 4.79 Å². The number of hydrogen-bond acceptors (Lipinski definition) is 4. The van der Waals surface area contributed by atoms with Gasteiger partial charge in [0.1, 0.15) is 6.04 Å². The maximum Gasteiger partial charge on any atom is 0.326 e. The maximum absolute atomic E-state index is 11.3. The molecule has 17 heavy (non-hydrogen) atoms. The number of nitrogens with one attached hydrogen (secondary N) is 1. The molecule has 0 spiro atoms. The smallest absolute Gasteiger partial charge is 0.326 e. The van der Waals surface area contributed by atoms with Crippen LogP contribution in [0.25, 0.3) is 0 Å². The summed E-state index contributed by atoms with van der Waals surface area (Å²) in [5.41, 5.74) is 5.22. The van der Waals surface area contributed by atoms with Gasteiger partial charge in [-0.1, -0.05) is 0 Å². The number of hydrogen-bond donors (Lipinski definition) is 4. The van der Waals surface area contributed by atoms with Crippen LogP contribution in [0, 0.1) is 0 Å². The molecule has 98 valence electrons. The van der Waals surface area contributed by atoms with Gasteiger partial charge in [-0.2, -0.15) is 0 Å². The molecule has 7 nitrogen and oxygen atoms in total. The molecule has 0 radical (unpaired) electrons. The van der Waals surface area contributed by atoms with Crippen molar-refractivity contribution in [3.63, 3.8) is 0 Å². The highest BCUT2D eigenvalue weighted by Gasteiger charge is 2.19. The summed E-state index contributed by atoms with van der Waals surface area (Å²) in [6.07, 6.45) is 0.883. The van der Waals surface area contributed by atoms with Gasteiger partial charge in [-0.15, -0.1) is 0 Å². The van der Waals surface area contributed by atoms with Crippen LogP contribution in [0.1, 0.15) is 32.1 Å². The zero-order chi connectivity index (χ0) is 13.3. The summed E-state index contributed by atoms with van der Waals surface area (Å²) in [4.78, 5) is 32.3. The summed E-state index contributed by atoms with van der Waals surface area (Å²) in [7, 11) is 0. The van der Waals surface area contributed by atoms with Gasteiger partial charge in [0.25, 0.3) is 0 Å². The Kier molecular flexibility index (Phi) is 7.70. The highest BCUT2D eigenvalue weighted by atomic mass is 16.4. The Labute approximate surface area is 99.0 Å². The van der Waals surface area contributed by atoms with Crippen molar-refractivity contribution in [2.75, 3.05) is 6.54 Å². The van der Waals surface area contributed by atoms with Crippen molar-refractivity contribution in [3.8, 4) is 0 Å². The van der Waals surface area contributed by atoms with E-state index in [0.29, 0.717) is 13.0 Å². The summed E-state index contributed by atoms with van der Waals surface area (Å²) < 4.78 is 0. The molecule has 1 atom stereocenters. The number of carbonyl (C=O) groups excluding carboxylic acids is 1. The van der Waals surface area contributed by atoms with Gasteiger partial charge in [0.15, 0.2) is 0 Å². The van der Waals surface area contributed by atoms with Gasteiger partial charge >= 0.3 is 11.9 Å². The first kappa shape index (κ1) is 15.4. The van der Waals surface area contributed by atoms with Crippen LogP contribution in [0.2, 0.25) is 0 Å². The van der Waals surface area contributed by atoms with Gasteiger partial charge in [0.05, 0.1) is 0 Å². The average Bonchev–Trinajstić information content (AvgIpc) is 2.24. The Balaban J connectivity index is 4.02. The van der Waals surface area contributed by atoms with E-state index in [4.69, 9.17) is 15.9 Å². The quantitative estimate of drug-likeness (QED) is 0.436. The number of carbonyl (C=O) groups is 3. The van der Waals surface area contributed by atoms with Gasteiger partial charge in [0, 0.05) is 12.8 Å². The molecule has 0 aromatic rings. The first-order chi connectivity index (χ1) is 7.97. The second-order valence-electron chi connectivity index (χ2n) is 3.64. The lowest BCUT2D eigenvalue weighted by Gasteiger charge is -2.13. The van der Waals surface area contributed by atoms with Gasteiger partial charge in [0.2, 0.25) is 5.91 Å². The van der Waals surface area contributed by atoms with Crippen molar-refractivity contribution in [1.82, 2.24) is 5.32 Å². The van der Waals surface area contributed by atoms with Crippen molar-refractivity contribution in [2.45, 2.75) is 38.1 Å². The van der Waals surface area contributed by atoms with E-state index in [1.807, 2.05) is 0 Å². The van der Waals surface area contributed by atoms with E-state index in [1.54, 1.807) is 0 Å². The van der Waals surface area contributed by atoms with Crippen LogP contribution in [0.15, 0.2) is 0 Å². The zero-order valence-corrected chi connectivity index (χ0v) is 9.52. The Morgan fingerprint density at radius 3 is 2.24 bits per heavy atom. The molecular weight excluding hydrogens is 228 g/mol. The average molecular weight is 246 g/mol. The number of amides is 1.